The molecule has 0 amide bonds. The van der Waals surface area contributed by atoms with Crippen LogP contribution in [0.4, 0.5) is 5.82 Å². The molecule has 2 saturated heterocycles. The van der Waals surface area contributed by atoms with Crippen LogP contribution in [-0.2, 0) is 11.3 Å². The number of morpholine rings is 1. The van der Waals surface area contributed by atoms with Crippen molar-refractivity contribution in [2.75, 3.05) is 18.0 Å². The van der Waals surface area contributed by atoms with Gasteiger partial charge in [0.25, 0.3) is 0 Å². The van der Waals surface area contributed by atoms with Gasteiger partial charge in [0, 0.05) is 41.9 Å². The summed E-state index contributed by atoms with van der Waals surface area (Å²) in [5, 5.41) is 3.60. The van der Waals surface area contributed by atoms with Gasteiger partial charge in [0.05, 0.1) is 12.2 Å². The highest BCUT2D eigenvalue weighted by Crippen LogP contribution is 2.31. The Morgan fingerprint density at radius 1 is 1.25 bits per heavy atom. The molecule has 4 rings (SSSR count). The van der Waals surface area contributed by atoms with Crippen LogP contribution in [-0.4, -0.2) is 36.3 Å². The average molecular weight is 338 g/mol. The predicted octanol–water partition coefficient (Wildman–Crippen LogP) is 2.46. The molecule has 1 aromatic rings. The Morgan fingerprint density at radius 2 is 2.00 bits per heavy atom. The molecule has 1 aliphatic carbocycles. The van der Waals surface area contributed by atoms with Crippen molar-refractivity contribution in [1.29, 1.82) is 0 Å². The molecule has 1 aromatic heterocycles. The molecule has 0 aromatic carbocycles. The molecule has 0 radical (unpaired) electrons. The van der Waals surface area contributed by atoms with Crippen LogP contribution in [0.5, 0.6) is 0 Å². The summed E-state index contributed by atoms with van der Waals surface area (Å²) in [6.07, 6.45) is 7.76. The van der Waals surface area contributed by atoms with Crippen LogP contribution in [0.1, 0.15) is 31.2 Å². The van der Waals surface area contributed by atoms with Crippen molar-refractivity contribution < 1.29 is 4.74 Å². The summed E-state index contributed by atoms with van der Waals surface area (Å²) in [6.45, 7) is 2.89. The van der Waals surface area contributed by atoms with E-state index in [0.717, 1.165) is 36.0 Å². The summed E-state index contributed by atoms with van der Waals surface area (Å²) in [6, 6.07) is 2.93. The zero-order chi connectivity index (χ0) is 13.5. The SMILES string of the molecule is Brc1cnc(N2CC3CCC(C2)O3)c(CNC2CC2)c1. The first-order valence-corrected chi connectivity index (χ1v) is 8.35. The second-order valence-electron chi connectivity index (χ2n) is 6.15. The number of ether oxygens (including phenoxy) is 1. The van der Waals surface area contributed by atoms with Crippen molar-refractivity contribution in [2.45, 2.75) is 50.5 Å². The summed E-state index contributed by atoms with van der Waals surface area (Å²) >= 11 is 3.55. The quantitative estimate of drug-likeness (QED) is 0.915. The van der Waals surface area contributed by atoms with Gasteiger partial charge in [0.2, 0.25) is 0 Å². The Bertz CT molecular complexity index is 494. The van der Waals surface area contributed by atoms with E-state index in [1.165, 1.54) is 31.2 Å². The summed E-state index contributed by atoms with van der Waals surface area (Å²) in [5.41, 5.74) is 1.30. The molecule has 2 unspecified atom stereocenters. The number of hydrogen-bond donors (Lipinski definition) is 1. The molecule has 0 spiro atoms. The molecule has 2 bridgehead atoms. The summed E-state index contributed by atoms with van der Waals surface area (Å²) in [7, 11) is 0. The van der Waals surface area contributed by atoms with Crippen molar-refractivity contribution in [3.05, 3.63) is 22.3 Å². The second kappa shape index (κ2) is 5.28. The van der Waals surface area contributed by atoms with Gasteiger partial charge in [-0.15, -0.1) is 0 Å². The lowest BCUT2D eigenvalue weighted by molar-refractivity contribution is 0.0301. The topological polar surface area (TPSA) is 37.4 Å². The lowest BCUT2D eigenvalue weighted by Gasteiger charge is -2.34. The highest BCUT2D eigenvalue weighted by atomic mass is 79.9. The van der Waals surface area contributed by atoms with Crippen LogP contribution in [0.15, 0.2) is 16.7 Å². The Balaban J connectivity index is 1.55. The maximum Gasteiger partial charge on any atom is 0.133 e. The van der Waals surface area contributed by atoms with Gasteiger partial charge in [0.1, 0.15) is 5.82 Å². The van der Waals surface area contributed by atoms with E-state index in [0.29, 0.717) is 12.2 Å². The number of nitrogens with zero attached hydrogens (tertiary/aromatic N) is 2. The largest absolute Gasteiger partial charge is 0.371 e. The monoisotopic (exact) mass is 337 g/mol. The number of aromatic nitrogens is 1. The van der Waals surface area contributed by atoms with E-state index in [2.05, 4.69) is 37.2 Å². The zero-order valence-electron chi connectivity index (χ0n) is 11.5. The molecule has 2 aliphatic heterocycles. The number of hydrogen-bond acceptors (Lipinski definition) is 4. The van der Waals surface area contributed by atoms with Gasteiger partial charge in [-0.05, 0) is 47.7 Å². The molecule has 3 aliphatic rings. The standard InChI is InChI=1S/C15H20BrN3O/c16-11-5-10(6-17-12-1-2-12)15(18-7-11)19-8-13-3-4-14(9-19)20-13/h5,7,12-14,17H,1-4,6,8-9H2. The molecule has 2 atom stereocenters. The number of pyridine rings is 1. The number of rotatable bonds is 4. The maximum atomic E-state index is 5.93. The summed E-state index contributed by atoms with van der Waals surface area (Å²) in [4.78, 5) is 7.10. The molecular weight excluding hydrogens is 318 g/mol. The number of nitrogens with one attached hydrogen (secondary N) is 1. The van der Waals surface area contributed by atoms with Crippen molar-refractivity contribution in [3.8, 4) is 0 Å². The van der Waals surface area contributed by atoms with E-state index < -0.39 is 0 Å². The van der Waals surface area contributed by atoms with Gasteiger partial charge in [-0.3, -0.25) is 0 Å². The molecule has 4 nitrogen and oxygen atoms in total. The highest BCUT2D eigenvalue weighted by molar-refractivity contribution is 9.10. The van der Waals surface area contributed by atoms with E-state index in [1.807, 2.05) is 6.20 Å². The minimum atomic E-state index is 0.406. The minimum absolute atomic E-state index is 0.406. The van der Waals surface area contributed by atoms with Crippen molar-refractivity contribution in [3.63, 3.8) is 0 Å². The van der Waals surface area contributed by atoms with Crippen LogP contribution in [0, 0.1) is 0 Å². The van der Waals surface area contributed by atoms with E-state index >= 15 is 0 Å². The van der Waals surface area contributed by atoms with Crippen LogP contribution >= 0.6 is 15.9 Å². The van der Waals surface area contributed by atoms with Gasteiger partial charge in [-0.2, -0.15) is 0 Å². The van der Waals surface area contributed by atoms with E-state index in [1.54, 1.807) is 0 Å². The molecule has 1 saturated carbocycles. The molecular formula is C15H20BrN3O. The van der Waals surface area contributed by atoms with Crippen molar-refractivity contribution >= 4 is 21.7 Å². The fourth-order valence-corrected chi connectivity index (χ4v) is 3.60. The molecule has 20 heavy (non-hydrogen) atoms. The smallest absolute Gasteiger partial charge is 0.133 e. The molecule has 108 valence electrons. The van der Waals surface area contributed by atoms with Crippen LogP contribution in [0.3, 0.4) is 0 Å². The normalized spacial score (nSPS) is 28.9. The molecule has 1 N–H and O–H groups in total. The summed E-state index contributed by atoms with van der Waals surface area (Å²) in [5.74, 6) is 1.14. The average Bonchev–Trinajstić information content (AvgIpc) is 3.21. The number of fused-ring (bicyclic) bond motifs is 2. The minimum Gasteiger partial charge on any atom is -0.371 e. The van der Waals surface area contributed by atoms with Gasteiger partial charge in [-0.1, -0.05) is 0 Å². The number of halogens is 1. The van der Waals surface area contributed by atoms with Crippen molar-refractivity contribution in [2.24, 2.45) is 0 Å². The Labute approximate surface area is 128 Å². The van der Waals surface area contributed by atoms with Crippen LogP contribution < -0.4 is 10.2 Å². The van der Waals surface area contributed by atoms with Gasteiger partial charge >= 0.3 is 0 Å². The van der Waals surface area contributed by atoms with Crippen molar-refractivity contribution in [1.82, 2.24) is 10.3 Å². The first-order chi connectivity index (χ1) is 9.78. The Morgan fingerprint density at radius 3 is 2.70 bits per heavy atom. The lowest BCUT2D eigenvalue weighted by atomic mass is 10.2. The molecule has 5 heteroatoms. The van der Waals surface area contributed by atoms with E-state index in [-0.39, 0.29) is 0 Å². The Hall–Kier alpha value is -0.650. The third-order valence-electron chi connectivity index (χ3n) is 4.41. The maximum absolute atomic E-state index is 5.93. The fraction of sp³-hybridized carbons (Fsp3) is 0.667. The third-order valence-corrected chi connectivity index (χ3v) is 4.84. The summed E-state index contributed by atoms with van der Waals surface area (Å²) < 4.78 is 6.99. The fourth-order valence-electron chi connectivity index (χ4n) is 3.22. The first-order valence-electron chi connectivity index (χ1n) is 7.56. The number of anilines is 1. The van der Waals surface area contributed by atoms with E-state index in [9.17, 15) is 0 Å². The highest BCUT2D eigenvalue weighted by Gasteiger charge is 2.35. The van der Waals surface area contributed by atoms with E-state index in [4.69, 9.17) is 4.74 Å². The first kappa shape index (κ1) is 13.0. The Kier molecular flexibility index (Phi) is 3.44. The lowest BCUT2D eigenvalue weighted by Crippen LogP contribution is -2.43. The van der Waals surface area contributed by atoms with Gasteiger partial charge < -0.3 is 15.0 Å². The zero-order valence-corrected chi connectivity index (χ0v) is 13.1. The molecule has 3 heterocycles. The molecule has 3 fully saturated rings. The second-order valence-corrected chi connectivity index (χ2v) is 7.07. The third kappa shape index (κ3) is 2.71. The predicted molar refractivity (Wildman–Crippen MR) is 81.9 cm³/mol. The van der Waals surface area contributed by atoms with Gasteiger partial charge in [-0.25, -0.2) is 4.98 Å². The van der Waals surface area contributed by atoms with Crippen LogP contribution in [0.2, 0.25) is 0 Å². The van der Waals surface area contributed by atoms with Crippen LogP contribution in [0.25, 0.3) is 0 Å². The van der Waals surface area contributed by atoms with Gasteiger partial charge in [0.15, 0.2) is 0 Å².